The van der Waals surface area contributed by atoms with E-state index in [0.29, 0.717) is 0 Å². The number of aromatic nitrogens is 1. The third-order valence-electron chi connectivity index (χ3n) is 4.66. The zero-order valence-electron chi connectivity index (χ0n) is 13.5. The second-order valence-electron chi connectivity index (χ2n) is 6.16. The topological polar surface area (TPSA) is 28.2 Å². The summed E-state index contributed by atoms with van der Waals surface area (Å²) in [6.07, 6.45) is 1.85. The third kappa shape index (κ3) is 2.90. The Hall–Kier alpha value is -2.30. The van der Waals surface area contributed by atoms with Crippen molar-refractivity contribution in [3.8, 4) is 0 Å². The number of hydrogen-bond donors (Lipinski definition) is 1. The molecule has 1 N–H and O–H groups in total. The van der Waals surface area contributed by atoms with Gasteiger partial charge in [-0.25, -0.2) is 4.39 Å². The van der Waals surface area contributed by atoms with E-state index in [2.05, 4.69) is 27.3 Å². The molecule has 1 aliphatic heterocycles. The summed E-state index contributed by atoms with van der Waals surface area (Å²) >= 11 is 0. The van der Waals surface area contributed by atoms with Gasteiger partial charge in [0, 0.05) is 37.8 Å². The van der Waals surface area contributed by atoms with Crippen molar-refractivity contribution in [1.82, 2.24) is 15.2 Å². The van der Waals surface area contributed by atoms with Crippen molar-refractivity contribution in [2.24, 2.45) is 0 Å². The molecule has 3 nitrogen and oxygen atoms in total. The van der Waals surface area contributed by atoms with E-state index in [1.165, 1.54) is 11.6 Å². The lowest BCUT2D eigenvalue weighted by Crippen LogP contribution is -2.45. The number of para-hydroxylation sites is 1. The Kier molecular flexibility index (Phi) is 4.24. The van der Waals surface area contributed by atoms with Crippen molar-refractivity contribution < 1.29 is 4.39 Å². The molecule has 1 fully saturated rings. The van der Waals surface area contributed by atoms with Gasteiger partial charge in [0.15, 0.2) is 0 Å². The lowest BCUT2D eigenvalue weighted by atomic mass is 9.93. The van der Waals surface area contributed by atoms with Crippen LogP contribution in [0.3, 0.4) is 0 Å². The summed E-state index contributed by atoms with van der Waals surface area (Å²) in [5.74, 6) is -0.189. The summed E-state index contributed by atoms with van der Waals surface area (Å²) in [4.78, 5) is 6.90. The van der Waals surface area contributed by atoms with Crippen LogP contribution in [0, 0.1) is 5.82 Å². The van der Waals surface area contributed by atoms with Gasteiger partial charge < -0.3 is 5.32 Å². The van der Waals surface area contributed by atoms with Crippen LogP contribution >= 0.6 is 0 Å². The van der Waals surface area contributed by atoms with Crippen molar-refractivity contribution in [2.75, 3.05) is 26.2 Å². The van der Waals surface area contributed by atoms with Gasteiger partial charge in [0.2, 0.25) is 0 Å². The van der Waals surface area contributed by atoms with Gasteiger partial charge in [-0.2, -0.15) is 0 Å². The third-order valence-corrected chi connectivity index (χ3v) is 4.66. The van der Waals surface area contributed by atoms with E-state index in [0.717, 1.165) is 42.6 Å². The van der Waals surface area contributed by atoms with E-state index in [-0.39, 0.29) is 11.9 Å². The lowest BCUT2D eigenvalue weighted by Gasteiger charge is -2.36. The summed E-state index contributed by atoms with van der Waals surface area (Å²) in [6.45, 7) is 3.79. The van der Waals surface area contributed by atoms with Crippen molar-refractivity contribution in [2.45, 2.75) is 6.04 Å². The molecule has 0 saturated carbocycles. The van der Waals surface area contributed by atoms with E-state index in [4.69, 9.17) is 0 Å². The Labute approximate surface area is 141 Å². The molecule has 1 aliphatic rings. The number of fused-ring (bicyclic) bond motifs is 1. The number of nitrogens with one attached hydrogen (secondary N) is 1. The van der Waals surface area contributed by atoms with Crippen molar-refractivity contribution in [1.29, 1.82) is 0 Å². The number of benzene rings is 2. The Morgan fingerprint density at radius 1 is 1.00 bits per heavy atom. The van der Waals surface area contributed by atoms with Crippen LogP contribution < -0.4 is 5.32 Å². The number of rotatable bonds is 3. The molecule has 0 aliphatic carbocycles. The first-order chi connectivity index (χ1) is 11.8. The number of nitrogens with zero attached hydrogens (tertiary/aromatic N) is 2. The second-order valence-corrected chi connectivity index (χ2v) is 6.16. The van der Waals surface area contributed by atoms with Crippen LogP contribution in [0.1, 0.15) is 17.2 Å². The molecule has 0 spiro atoms. The average molecular weight is 321 g/mol. The number of halogens is 1. The molecule has 1 aromatic heterocycles. The van der Waals surface area contributed by atoms with Crippen LogP contribution in [0.15, 0.2) is 60.8 Å². The summed E-state index contributed by atoms with van der Waals surface area (Å²) < 4.78 is 13.9. The highest BCUT2D eigenvalue weighted by atomic mass is 19.1. The number of piperazine rings is 1. The van der Waals surface area contributed by atoms with E-state index >= 15 is 0 Å². The van der Waals surface area contributed by atoms with Crippen LogP contribution in [-0.4, -0.2) is 36.1 Å². The molecular formula is C20H20FN3. The van der Waals surface area contributed by atoms with Gasteiger partial charge in [-0.05, 0) is 35.4 Å². The molecule has 2 heterocycles. The molecule has 1 atom stereocenters. The van der Waals surface area contributed by atoms with Gasteiger partial charge in [-0.1, -0.05) is 30.3 Å². The second kappa shape index (κ2) is 6.67. The standard InChI is InChI=1S/C20H20FN3/c21-16-5-3-4-15(14-16)20(24-12-10-22-11-13-24)18-8-9-23-19-7-2-1-6-17(18)19/h1-9,14,20,22H,10-13H2. The summed E-state index contributed by atoms with van der Waals surface area (Å²) in [5, 5.41) is 4.53. The molecule has 1 unspecified atom stereocenters. The molecule has 24 heavy (non-hydrogen) atoms. The molecule has 2 aromatic carbocycles. The SMILES string of the molecule is Fc1cccc(C(c2ccnc3ccccc23)N2CCNCC2)c1. The van der Waals surface area contributed by atoms with Gasteiger partial charge in [0.25, 0.3) is 0 Å². The fraction of sp³-hybridized carbons (Fsp3) is 0.250. The quantitative estimate of drug-likeness (QED) is 0.802. The van der Waals surface area contributed by atoms with Crippen molar-refractivity contribution >= 4 is 10.9 Å². The smallest absolute Gasteiger partial charge is 0.123 e. The molecule has 4 rings (SSSR count). The van der Waals surface area contributed by atoms with Crippen LogP contribution in [0.4, 0.5) is 4.39 Å². The maximum atomic E-state index is 13.9. The van der Waals surface area contributed by atoms with Crippen LogP contribution in [0.5, 0.6) is 0 Å². The summed E-state index contributed by atoms with van der Waals surface area (Å²) in [6, 6.07) is 17.2. The van der Waals surface area contributed by atoms with Gasteiger partial charge >= 0.3 is 0 Å². The Bertz CT molecular complexity index is 838. The fourth-order valence-electron chi connectivity index (χ4n) is 3.56. The van der Waals surface area contributed by atoms with Crippen LogP contribution in [0.2, 0.25) is 0 Å². The maximum absolute atomic E-state index is 13.9. The highest BCUT2D eigenvalue weighted by molar-refractivity contribution is 5.82. The van der Waals surface area contributed by atoms with Gasteiger partial charge in [0.1, 0.15) is 5.82 Å². The highest BCUT2D eigenvalue weighted by Gasteiger charge is 2.25. The molecule has 1 saturated heterocycles. The first kappa shape index (κ1) is 15.2. The van der Waals surface area contributed by atoms with Gasteiger partial charge in [0.05, 0.1) is 11.6 Å². The van der Waals surface area contributed by atoms with Gasteiger partial charge in [-0.15, -0.1) is 0 Å². The number of pyridine rings is 1. The van der Waals surface area contributed by atoms with E-state index in [9.17, 15) is 4.39 Å². The lowest BCUT2D eigenvalue weighted by molar-refractivity contribution is 0.199. The average Bonchev–Trinajstić information content (AvgIpc) is 2.63. The first-order valence-electron chi connectivity index (χ1n) is 8.37. The van der Waals surface area contributed by atoms with Crippen molar-refractivity contribution in [3.63, 3.8) is 0 Å². The maximum Gasteiger partial charge on any atom is 0.123 e. The first-order valence-corrected chi connectivity index (χ1v) is 8.37. The minimum atomic E-state index is -0.189. The number of hydrogen-bond acceptors (Lipinski definition) is 3. The summed E-state index contributed by atoms with van der Waals surface area (Å²) in [5.41, 5.74) is 3.16. The largest absolute Gasteiger partial charge is 0.314 e. The molecule has 3 aromatic rings. The Balaban J connectivity index is 1.88. The summed E-state index contributed by atoms with van der Waals surface area (Å²) in [7, 11) is 0. The molecule has 4 heteroatoms. The normalized spacial score (nSPS) is 17.0. The van der Waals surface area contributed by atoms with Crippen LogP contribution in [-0.2, 0) is 0 Å². The minimum Gasteiger partial charge on any atom is -0.314 e. The van der Waals surface area contributed by atoms with Crippen molar-refractivity contribution in [3.05, 3.63) is 77.7 Å². The van der Waals surface area contributed by atoms with Gasteiger partial charge in [-0.3, -0.25) is 9.88 Å². The Morgan fingerprint density at radius 3 is 2.67 bits per heavy atom. The predicted octanol–water partition coefficient (Wildman–Crippen LogP) is 3.37. The van der Waals surface area contributed by atoms with E-state index < -0.39 is 0 Å². The predicted molar refractivity (Wildman–Crippen MR) is 94.4 cm³/mol. The van der Waals surface area contributed by atoms with E-state index in [1.807, 2.05) is 30.5 Å². The molecule has 0 radical (unpaired) electrons. The zero-order valence-corrected chi connectivity index (χ0v) is 13.5. The monoisotopic (exact) mass is 321 g/mol. The highest BCUT2D eigenvalue weighted by Crippen LogP contribution is 2.33. The Morgan fingerprint density at radius 2 is 1.83 bits per heavy atom. The zero-order chi connectivity index (χ0) is 16.4. The van der Waals surface area contributed by atoms with E-state index in [1.54, 1.807) is 12.1 Å². The van der Waals surface area contributed by atoms with Crippen LogP contribution in [0.25, 0.3) is 10.9 Å². The molecule has 0 bridgehead atoms. The fourth-order valence-corrected chi connectivity index (χ4v) is 3.56. The molecule has 0 amide bonds. The molecule has 122 valence electrons. The molecular weight excluding hydrogens is 301 g/mol. The minimum absolute atomic E-state index is 0.0377.